The number of amides is 1. The third kappa shape index (κ3) is 3.62. The van der Waals surface area contributed by atoms with Gasteiger partial charge in [0.1, 0.15) is 10.8 Å². The SMILES string of the molecule is Cc1ncsc1NC(=O)C(C)Oc1ccc(Cl)cc1Cl. The molecule has 1 N–H and O–H groups in total. The minimum atomic E-state index is -0.685. The highest BCUT2D eigenvalue weighted by molar-refractivity contribution is 7.14. The Bertz CT molecular complexity index is 631. The summed E-state index contributed by atoms with van der Waals surface area (Å²) >= 11 is 13.2. The second kappa shape index (κ2) is 6.43. The third-order valence-electron chi connectivity index (χ3n) is 2.55. The lowest BCUT2D eigenvalue weighted by atomic mass is 10.3. The number of carbonyl (C=O) groups is 1. The number of aryl methyl sites for hydroxylation is 1. The minimum absolute atomic E-state index is 0.261. The van der Waals surface area contributed by atoms with Gasteiger partial charge in [-0.1, -0.05) is 23.2 Å². The molecule has 1 heterocycles. The van der Waals surface area contributed by atoms with Gasteiger partial charge in [-0.05, 0) is 32.0 Å². The van der Waals surface area contributed by atoms with Crippen LogP contribution in [0.3, 0.4) is 0 Å². The zero-order valence-corrected chi connectivity index (χ0v) is 13.1. The fourth-order valence-corrected chi connectivity index (χ4v) is 2.60. The van der Waals surface area contributed by atoms with E-state index in [2.05, 4.69) is 10.3 Å². The molecule has 106 valence electrons. The van der Waals surface area contributed by atoms with E-state index in [-0.39, 0.29) is 5.91 Å². The lowest BCUT2D eigenvalue weighted by molar-refractivity contribution is -0.122. The monoisotopic (exact) mass is 330 g/mol. The van der Waals surface area contributed by atoms with Crippen molar-refractivity contribution < 1.29 is 9.53 Å². The molecule has 0 aliphatic rings. The summed E-state index contributed by atoms with van der Waals surface area (Å²) in [6, 6.07) is 4.85. The molecular weight excluding hydrogens is 319 g/mol. The van der Waals surface area contributed by atoms with Gasteiger partial charge in [0.2, 0.25) is 0 Å². The van der Waals surface area contributed by atoms with Crippen LogP contribution in [0, 0.1) is 6.92 Å². The van der Waals surface area contributed by atoms with Crippen LogP contribution in [-0.2, 0) is 4.79 Å². The Morgan fingerprint density at radius 3 is 2.80 bits per heavy atom. The van der Waals surface area contributed by atoms with Gasteiger partial charge in [-0.25, -0.2) is 4.98 Å². The molecule has 0 saturated carbocycles. The summed E-state index contributed by atoms with van der Waals surface area (Å²) in [6.07, 6.45) is -0.685. The molecule has 0 aliphatic carbocycles. The van der Waals surface area contributed by atoms with Crippen molar-refractivity contribution in [2.75, 3.05) is 5.32 Å². The summed E-state index contributed by atoms with van der Waals surface area (Å²) < 4.78 is 5.53. The number of ether oxygens (including phenoxy) is 1. The normalized spacial score (nSPS) is 12.0. The first-order valence-electron chi connectivity index (χ1n) is 5.80. The van der Waals surface area contributed by atoms with Gasteiger partial charge < -0.3 is 10.1 Å². The topological polar surface area (TPSA) is 51.2 Å². The molecule has 0 radical (unpaired) electrons. The summed E-state index contributed by atoms with van der Waals surface area (Å²) in [4.78, 5) is 16.1. The average Bonchev–Trinajstić information content (AvgIpc) is 2.78. The number of anilines is 1. The zero-order valence-electron chi connectivity index (χ0n) is 10.8. The molecule has 7 heteroatoms. The Morgan fingerprint density at radius 1 is 1.45 bits per heavy atom. The number of nitrogens with zero attached hydrogens (tertiary/aromatic N) is 1. The summed E-state index contributed by atoms with van der Waals surface area (Å²) in [5.41, 5.74) is 2.45. The highest BCUT2D eigenvalue weighted by Gasteiger charge is 2.17. The zero-order chi connectivity index (χ0) is 14.7. The number of nitrogens with one attached hydrogen (secondary N) is 1. The molecule has 0 fully saturated rings. The quantitative estimate of drug-likeness (QED) is 0.915. The Balaban J connectivity index is 2.02. The number of aromatic nitrogens is 1. The standard InChI is InChI=1S/C13H12Cl2N2O2S/c1-7-13(20-6-16-7)17-12(18)8(2)19-11-4-3-9(14)5-10(11)15/h3-6,8H,1-2H3,(H,17,18). The van der Waals surface area contributed by atoms with Crippen molar-refractivity contribution >= 4 is 45.4 Å². The smallest absolute Gasteiger partial charge is 0.265 e. The van der Waals surface area contributed by atoms with Crippen molar-refractivity contribution in [3.63, 3.8) is 0 Å². The summed E-state index contributed by atoms with van der Waals surface area (Å²) in [5.74, 6) is 0.156. The molecule has 1 amide bonds. The van der Waals surface area contributed by atoms with Gasteiger partial charge in [-0.2, -0.15) is 0 Å². The van der Waals surface area contributed by atoms with Gasteiger partial charge in [0.25, 0.3) is 5.91 Å². The van der Waals surface area contributed by atoms with Crippen LogP contribution >= 0.6 is 34.5 Å². The maximum Gasteiger partial charge on any atom is 0.265 e. The number of hydrogen-bond donors (Lipinski definition) is 1. The molecule has 1 aromatic carbocycles. The van der Waals surface area contributed by atoms with E-state index in [4.69, 9.17) is 27.9 Å². The highest BCUT2D eigenvalue weighted by Crippen LogP contribution is 2.28. The molecule has 0 spiro atoms. The van der Waals surface area contributed by atoms with Gasteiger partial charge in [0, 0.05) is 5.02 Å². The van der Waals surface area contributed by atoms with E-state index in [0.29, 0.717) is 20.8 Å². The molecule has 20 heavy (non-hydrogen) atoms. The van der Waals surface area contributed by atoms with E-state index < -0.39 is 6.10 Å². The van der Waals surface area contributed by atoms with Gasteiger partial charge in [0.05, 0.1) is 16.2 Å². The first-order valence-corrected chi connectivity index (χ1v) is 7.43. The summed E-state index contributed by atoms with van der Waals surface area (Å²) in [7, 11) is 0. The molecule has 0 aliphatic heterocycles. The predicted octanol–water partition coefficient (Wildman–Crippen LogP) is 4.16. The molecule has 1 unspecified atom stereocenters. The van der Waals surface area contributed by atoms with Gasteiger partial charge in [-0.15, -0.1) is 11.3 Å². The maximum absolute atomic E-state index is 12.0. The van der Waals surface area contributed by atoms with Crippen molar-refractivity contribution in [1.82, 2.24) is 4.98 Å². The molecular formula is C13H12Cl2N2O2S. The first-order chi connectivity index (χ1) is 9.47. The third-order valence-corrected chi connectivity index (χ3v) is 3.92. The van der Waals surface area contributed by atoms with Gasteiger partial charge >= 0.3 is 0 Å². The van der Waals surface area contributed by atoms with Crippen LogP contribution in [0.5, 0.6) is 5.75 Å². The number of carbonyl (C=O) groups excluding carboxylic acids is 1. The molecule has 1 atom stereocenters. The van der Waals surface area contributed by atoms with E-state index in [0.717, 1.165) is 5.69 Å². The van der Waals surface area contributed by atoms with Crippen LogP contribution in [0.25, 0.3) is 0 Å². The number of rotatable bonds is 4. The van der Waals surface area contributed by atoms with Crippen LogP contribution < -0.4 is 10.1 Å². The van der Waals surface area contributed by atoms with Gasteiger partial charge in [0.15, 0.2) is 6.10 Å². The van der Waals surface area contributed by atoms with Crippen LogP contribution in [0.15, 0.2) is 23.7 Å². The van der Waals surface area contributed by atoms with Crippen molar-refractivity contribution in [2.45, 2.75) is 20.0 Å². The lowest BCUT2D eigenvalue weighted by Gasteiger charge is -2.15. The fraction of sp³-hybridized carbons (Fsp3) is 0.231. The van der Waals surface area contributed by atoms with Crippen molar-refractivity contribution in [2.24, 2.45) is 0 Å². The molecule has 4 nitrogen and oxygen atoms in total. The van der Waals surface area contributed by atoms with E-state index >= 15 is 0 Å². The van der Waals surface area contributed by atoms with E-state index in [1.807, 2.05) is 6.92 Å². The van der Waals surface area contributed by atoms with Crippen molar-refractivity contribution in [3.8, 4) is 5.75 Å². The number of benzene rings is 1. The average molecular weight is 331 g/mol. The summed E-state index contributed by atoms with van der Waals surface area (Å²) in [6.45, 7) is 3.48. The van der Waals surface area contributed by atoms with Crippen molar-refractivity contribution in [3.05, 3.63) is 39.4 Å². The highest BCUT2D eigenvalue weighted by atomic mass is 35.5. The number of halogens is 2. The molecule has 0 bridgehead atoms. The Hall–Kier alpha value is -1.30. The summed E-state index contributed by atoms with van der Waals surface area (Å²) in [5, 5.41) is 4.36. The molecule has 0 saturated heterocycles. The molecule has 2 aromatic rings. The first kappa shape index (κ1) is 15.1. The Morgan fingerprint density at radius 2 is 2.20 bits per heavy atom. The van der Waals surface area contributed by atoms with Gasteiger partial charge in [-0.3, -0.25) is 4.79 Å². The maximum atomic E-state index is 12.0. The number of thiazole rings is 1. The molecule has 1 aromatic heterocycles. The Kier molecular flexibility index (Phi) is 4.86. The van der Waals surface area contributed by atoms with E-state index in [9.17, 15) is 4.79 Å². The predicted molar refractivity (Wildman–Crippen MR) is 82.0 cm³/mol. The van der Waals surface area contributed by atoms with Crippen LogP contribution in [0.4, 0.5) is 5.00 Å². The van der Waals surface area contributed by atoms with E-state index in [1.54, 1.807) is 30.6 Å². The number of hydrogen-bond acceptors (Lipinski definition) is 4. The molecule has 2 rings (SSSR count). The second-order valence-electron chi connectivity index (χ2n) is 4.09. The minimum Gasteiger partial charge on any atom is -0.479 e. The second-order valence-corrected chi connectivity index (χ2v) is 5.79. The van der Waals surface area contributed by atoms with Crippen LogP contribution in [0.2, 0.25) is 10.0 Å². The fourth-order valence-electron chi connectivity index (χ4n) is 1.45. The van der Waals surface area contributed by atoms with Crippen LogP contribution in [0.1, 0.15) is 12.6 Å². The largest absolute Gasteiger partial charge is 0.479 e. The Labute approximate surface area is 130 Å². The van der Waals surface area contributed by atoms with Crippen LogP contribution in [-0.4, -0.2) is 17.0 Å². The lowest BCUT2D eigenvalue weighted by Crippen LogP contribution is -2.30. The van der Waals surface area contributed by atoms with E-state index in [1.165, 1.54) is 11.3 Å². The van der Waals surface area contributed by atoms with Crippen molar-refractivity contribution in [1.29, 1.82) is 0 Å².